The van der Waals surface area contributed by atoms with Gasteiger partial charge in [0, 0.05) is 5.56 Å². The topological polar surface area (TPSA) is 71.0 Å². The van der Waals surface area contributed by atoms with Crippen LogP contribution in [-0.2, 0) is 13.1 Å². The Hall–Kier alpha value is -3.60. The molecule has 0 fully saturated rings. The van der Waals surface area contributed by atoms with Crippen LogP contribution in [0, 0.1) is 5.41 Å². The molecule has 5 heteroatoms. The summed E-state index contributed by atoms with van der Waals surface area (Å²) < 4.78 is 3.64. The molecule has 0 saturated carbocycles. The van der Waals surface area contributed by atoms with E-state index < -0.39 is 0 Å². The third-order valence-corrected chi connectivity index (χ3v) is 4.65. The van der Waals surface area contributed by atoms with Crippen molar-refractivity contribution in [3.63, 3.8) is 0 Å². The van der Waals surface area contributed by atoms with E-state index in [1.54, 1.807) is 16.7 Å². The van der Waals surface area contributed by atoms with Crippen LogP contribution in [0.4, 0.5) is 0 Å². The van der Waals surface area contributed by atoms with Gasteiger partial charge in [0.2, 0.25) is 5.62 Å². The molecule has 0 aliphatic heterocycles. The number of phenols is 1. The molecule has 0 radical (unpaired) electrons. The fourth-order valence-electron chi connectivity index (χ4n) is 3.26. The quantitative estimate of drug-likeness (QED) is 0.536. The summed E-state index contributed by atoms with van der Waals surface area (Å²) in [6.07, 6.45) is 0. The molecule has 0 amide bonds. The van der Waals surface area contributed by atoms with E-state index in [0.717, 1.165) is 16.6 Å². The Morgan fingerprint density at radius 3 is 2.07 bits per heavy atom. The van der Waals surface area contributed by atoms with Gasteiger partial charge in [0.15, 0.2) is 5.78 Å². The highest BCUT2D eigenvalue weighted by molar-refractivity contribution is 5.96. The predicted octanol–water partition coefficient (Wildman–Crippen LogP) is 3.56. The summed E-state index contributed by atoms with van der Waals surface area (Å²) in [5.74, 6) is 0.0240. The Morgan fingerprint density at radius 1 is 0.815 bits per heavy atom. The molecular formula is C22H19N3O2. The molecular weight excluding hydrogens is 338 g/mol. The van der Waals surface area contributed by atoms with Crippen molar-refractivity contribution in [3.05, 3.63) is 95.6 Å². The molecule has 134 valence electrons. The SMILES string of the molecule is N=c1n(CC(=O)c2ccc(O)cc2)c2ccccc2n1Cc1ccccc1. The van der Waals surface area contributed by atoms with Crippen LogP contribution in [0.2, 0.25) is 0 Å². The average molecular weight is 357 g/mol. The number of imidazole rings is 1. The number of fused-ring (bicyclic) bond motifs is 1. The van der Waals surface area contributed by atoms with E-state index in [-0.39, 0.29) is 23.7 Å². The average Bonchev–Trinajstić information content (AvgIpc) is 2.95. The van der Waals surface area contributed by atoms with E-state index in [9.17, 15) is 9.90 Å². The lowest BCUT2D eigenvalue weighted by atomic mass is 10.1. The lowest BCUT2D eigenvalue weighted by Crippen LogP contribution is -2.27. The van der Waals surface area contributed by atoms with Crippen molar-refractivity contribution >= 4 is 16.8 Å². The van der Waals surface area contributed by atoms with E-state index in [4.69, 9.17) is 5.41 Å². The van der Waals surface area contributed by atoms with Gasteiger partial charge in [0.05, 0.1) is 24.1 Å². The Kier molecular flexibility index (Phi) is 4.34. The van der Waals surface area contributed by atoms with Crippen LogP contribution in [0.15, 0.2) is 78.9 Å². The number of carbonyl (C=O) groups excluding carboxylic acids is 1. The first-order valence-corrected chi connectivity index (χ1v) is 8.72. The van der Waals surface area contributed by atoms with Gasteiger partial charge in [0.1, 0.15) is 5.75 Å². The molecule has 0 bridgehead atoms. The van der Waals surface area contributed by atoms with E-state index >= 15 is 0 Å². The summed E-state index contributed by atoms with van der Waals surface area (Å²) in [5, 5.41) is 18.1. The van der Waals surface area contributed by atoms with E-state index in [1.165, 1.54) is 12.1 Å². The number of para-hydroxylation sites is 2. The fourth-order valence-corrected chi connectivity index (χ4v) is 3.26. The summed E-state index contributed by atoms with van der Waals surface area (Å²) in [7, 11) is 0. The Labute approximate surface area is 156 Å². The normalized spacial score (nSPS) is 11.0. The zero-order valence-electron chi connectivity index (χ0n) is 14.7. The molecule has 0 aliphatic rings. The predicted molar refractivity (Wildman–Crippen MR) is 104 cm³/mol. The van der Waals surface area contributed by atoms with Gasteiger partial charge in [-0.1, -0.05) is 42.5 Å². The Balaban J connectivity index is 1.75. The van der Waals surface area contributed by atoms with Crippen molar-refractivity contribution in [2.75, 3.05) is 0 Å². The lowest BCUT2D eigenvalue weighted by Gasteiger charge is -2.05. The van der Waals surface area contributed by atoms with Gasteiger partial charge in [-0.25, -0.2) is 0 Å². The number of hydrogen-bond donors (Lipinski definition) is 2. The van der Waals surface area contributed by atoms with Crippen molar-refractivity contribution in [2.24, 2.45) is 0 Å². The van der Waals surface area contributed by atoms with Crippen molar-refractivity contribution in [2.45, 2.75) is 13.1 Å². The van der Waals surface area contributed by atoms with Crippen molar-refractivity contribution in [1.82, 2.24) is 9.13 Å². The number of aromatic nitrogens is 2. The number of carbonyl (C=O) groups is 1. The Morgan fingerprint density at radius 2 is 1.41 bits per heavy atom. The molecule has 4 aromatic rings. The zero-order chi connectivity index (χ0) is 18.8. The fraction of sp³-hybridized carbons (Fsp3) is 0.0909. The van der Waals surface area contributed by atoms with Crippen LogP contribution in [-0.4, -0.2) is 20.0 Å². The third-order valence-electron chi connectivity index (χ3n) is 4.65. The minimum absolute atomic E-state index is 0.0753. The van der Waals surface area contributed by atoms with Crippen LogP contribution in [0.25, 0.3) is 11.0 Å². The van der Waals surface area contributed by atoms with Crippen LogP contribution in [0.5, 0.6) is 5.75 Å². The highest BCUT2D eigenvalue weighted by atomic mass is 16.3. The number of phenolic OH excluding ortho intramolecular Hbond substituents is 1. The van der Waals surface area contributed by atoms with Crippen molar-refractivity contribution in [3.8, 4) is 5.75 Å². The summed E-state index contributed by atoms with van der Waals surface area (Å²) in [5.41, 5.74) is 3.67. The van der Waals surface area contributed by atoms with Gasteiger partial charge in [-0.3, -0.25) is 10.2 Å². The largest absolute Gasteiger partial charge is 0.508 e. The van der Waals surface area contributed by atoms with Crippen LogP contribution < -0.4 is 5.62 Å². The maximum Gasteiger partial charge on any atom is 0.203 e. The smallest absolute Gasteiger partial charge is 0.203 e. The van der Waals surface area contributed by atoms with Gasteiger partial charge < -0.3 is 14.2 Å². The molecule has 3 aromatic carbocycles. The number of nitrogens with zero attached hydrogens (tertiary/aromatic N) is 2. The monoisotopic (exact) mass is 357 g/mol. The van der Waals surface area contributed by atoms with Gasteiger partial charge >= 0.3 is 0 Å². The van der Waals surface area contributed by atoms with E-state index in [1.807, 2.05) is 59.2 Å². The molecule has 0 saturated heterocycles. The molecule has 5 nitrogen and oxygen atoms in total. The molecule has 4 rings (SSSR count). The van der Waals surface area contributed by atoms with E-state index in [0.29, 0.717) is 12.1 Å². The van der Waals surface area contributed by atoms with Crippen molar-refractivity contribution in [1.29, 1.82) is 5.41 Å². The third kappa shape index (κ3) is 3.27. The first kappa shape index (κ1) is 16.8. The Bertz CT molecular complexity index is 1160. The van der Waals surface area contributed by atoms with Crippen molar-refractivity contribution < 1.29 is 9.90 Å². The number of nitrogens with one attached hydrogen (secondary N) is 1. The number of ketones is 1. The standard InChI is InChI=1S/C22H19N3O2/c23-22-24(14-16-6-2-1-3-7-16)19-8-4-5-9-20(19)25(22)15-21(27)17-10-12-18(26)13-11-17/h1-13,23,26H,14-15H2. The maximum absolute atomic E-state index is 12.7. The second-order valence-electron chi connectivity index (χ2n) is 6.44. The summed E-state index contributed by atoms with van der Waals surface area (Å²) in [6, 6.07) is 23.9. The zero-order valence-corrected chi connectivity index (χ0v) is 14.7. The summed E-state index contributed by atoms with van der Waals surface area (Å²) >= 11 is 0. The molecule has 0 atom stereocenters. The first-order chi connectivity index (χ1) is 13.1. The number of benzene rings is 3. The minimum Gasteiger partial charge on any atom is -0.508 e. The first-order valence-electron chi connectivity index (χ1n) is 8.72. The summed E-state index contributed by atoms with van der Waals surface area (Å²) in [6.45, 7) is 0.645. The molecule has 27 heavy (non-hydrogen) atoms. The number of Topliss-reactive ketones (excluding diaryl/α,β-unsaturated/α-hetero) is 1. The molecule has 0 spiro atoms. The maximum atomic E-state index is 12.7. The van der Waals surface area contributed by atoms with E-state index in [2.05, 4.69) is 0 Å². The highest BCUT2D eigenvalue weighted by Gasteiger charge is 2.14. The van der Waals surface area contributed by atoms with Crippen LogP contribution in [0.1, 0.15) is 15.9 Å². The molecule has 1 aromatic heterocycles. The van der Waals surface area contributed by atoms with Gasteiger partial charge in [0.25, 0.3) is 0 Å². The molecule has 1 heterocycles. The number of hydrogen-bond acceptors (Lipinski definition) is 3. The van der Waals surface area contributed by atoms with Crippen LogP contribution >= 0.6 is 0 Å². The second-order valence-corrected chi connectivity index (χ2v) is 6.44. The lowest BCUT2D eigenvalue weighted by molar-refractivity contribution is 0.0971. The minimum atomic E-state index is -0.101. The van der Waals surface area contributed by atoms with Gasteiger partial charge in [-0.05, 0) is 42.0 Å². The number of rotatable bonds is 5. The number of aromatic hydroxyl groups is 1. The molecule has 2 N–H and O–H groups in total. The molecule has 0 aliphatic carbocycles. The summed E-state index contributed by atoms with van der Waals surface area (Å²) in [4.78, 5) is 12.7. The second kappa shape index (κ2) is 6.96. The van der Waals surface area contributed by atoms with Crippen LogP contribution in [0.3, 0.4) is 0 Å². The van der Waals surface area contributed by atoms with Gasteiger partial charge in [-0.15, -0.1) is 0 Å². The highest BCUT2D eigenvalue weighted by Crippen LogP contribution is 2.16. The molecule has 0 unspecified atom stereocenters. The van der Waals surface area contributed by atoms with Gasteiger partial charge in [-0.2, -0.15) is 0 Å².